The number of carbonyl (C=O) groups is 2. The third-order valence-electron chi connectivity index (χ3n) is 5.82. The maximum Gasteiger partial charge on any atom is 0.490 e. The zero-order valence-electron chi connectivity index (χ0n) is 17.6. The molecule has 178 valence electrons. The molecule has 0 saturated carbocycles. The van der Waals surface area contributed by atoms with Gasteiger partial charge in [0.2, 0.25) is 5.91 Å². The van der Waals surface area contributed by atoms with Crippen LogP contribution < -0.4 is 0 Å². The van der Waals surface area contributed by atoms with Crippen LogP contribution in [0.5, 0.6) is 0 Å². The van der Waals surface area contributed by atoms with Crippen LogP contribution in [0.1, 0.15) is 22.9 Å². The van der Waals surface area contributed by atoms with Gasteiger partial charge < -0.3 is 10.0 Å². The normalized spacial score (nSPS) is 23.0. The highest BCUT2D eigenvalue weighted by atomic mass is 32.1. The molecule has 6 nitrogen and oxygen atoms in total. The summed E-state index contributed by atoms with van der Waals surface area (Å²) >= 11 is 1.63. The molecular weight excluding hydrogens is 462 g/mol. The molecule has 1 N–H and O–H groups in total. The average molecular weight is 486 g/mol. The summed E-state index contributed by atoms with van der Waals surface area (Å²) in [5.41, 5.74) is 0.663. The molecule has 1 spiro atoms. The molecule has 2 aliphatic heterocycles. The Balaban J connectivity index is 0.000000383. The van der Waals surface area contributed by atoms with Crippen molar-refractivity contribution in [3.05, 3.63) is 64.9 Å². The van der Waals surface area contributed by atoms with Gasteiger partial charge in [-0.15, -0.1) is 17.9 Å². The number of alkyl halides is 3. The van der Waals surface area contributed by atoms with Crippen LogP contribution in [-0.2, 0) is 16.1 Å². The molecule has 0 radical (unpaired) electrons. The zero-order valence-corrected chi connectivity index (χ0v) is 18.4. The van der Waals surface area contributed by atoms with E-state index < -0.39 is 17.6 Å². The van der Waals surface area contributed by atoms with E-state index >= 15 is 0 Å². The van der Waals surface area contributed by atoms with Crippen LogP contribution >= 0.6 is 11.3 Å². The summed E-state index contributed by atoms with van der Waals surface area (Å²) in [6.45, 7) is 7.40. The first kappa shape index (κ1) is 24.8. The minimum atomic E-state index is -5.08. The maximum absolute atomic E-state index is 13.2. The highest BCUT2D eigenvalue weighted by Crippen LogP contribution is 2.50. The lowest BCUT2D eigenvalue weighted by molar-refractivity contribution is -0.192. The van der Waals surface area contributed by atoms with E-state index in [1.807, 2.05) is 28.6 Å². The van der Waals surface area contributed by atoms with Crippen molar-refractivity contribution in [1.29, 1.82) is 0 Å². The Morgan fingerprint density at radius 1 is 1.33 bits per heavy atom. The number of carboxylic acid groups (broad SMARTS) is 1. The highest BCUT2D eigenvalue weighted by molar-refractivity contribution is 7.09. The number of thiazole rings is 1. The van der Waals surface area contributed by atoms with Crippen molar-refractivity contribution in [3.63, 3.8) is 0 Å². The van der Waals surface area contributed by atoms with E-state index in [1.54, 1.807) is 17.4 Å². The van der Waals surface area contributed by atoms with Crippen molar-refractivity contribution in [1.82, 2.24) is 14.8 Å². The van der Waals surface area contributed by atoms with Gasteiger partial charge in [0, 0.05) is 50.2 Å². The first-order chi connectivity index (χ1) is 15.6. The summed E-state index contributed by atoms with van der Waals surface area (Å²) in [5.74, 6) is -2.64. The van der Waals surface area contributed by atoms with E-state index in [-0.39, 0.29) is 17.6 Å². The van der Waals surface area contributed by atoms with Gasteiger partial charge in [0.05, 0.1) is 10.4 Å². The molecule has 2 unspecified atom stereocenters. The van der Waals surface area contributed by atoms with Crippen molar-refractivity contribution < 1.29 is 32.3 Å². The number of likely N-dealkylation sites (tertiary alicyclic amines) is 2. The van der Waals surface area contributed by atoms with Gasteiger partial charge in [0.1, 0.15) is 5.82 Å². The van der Waals surface area contributed by atoms with Crippen molar-refractivity contribution in [2.45, 2.75) is 25.1 Å². The summed E-state index contributed by atoms with van der Waals surface area (Å²) in [6, 6.07) is 6.62. The molecule has 2 aromatic rings. The minimum Gasteiger partial charge on any atom is -0.475 e. The van der Waals surface area contributed by atoms with Crippen LogP contribution in [0.2, 0.25) is 0 Å². The maximum atomic E-state index is 13.2. The number of carbonyl (C=O) groups excluding carboxylic acids is 1. The number of rotatable bonds is 5. The van der Waals surface area contributed by atoms with Gasteiger partial charge in [-0.25, -0.2) is 14.2 Å². The molecule has 0 aliphatic carbocycles. The van der Waals surface area contributed by atoms with Crippen molar-refractivity contribution >= 4 is 23.2 Å². The van der Waals surface area contributed by atoms with E-state index in [4.69, 9.17) is 9.90 Å². The topological polar surface area (TPSA) is 73.7 Å². The number of aromatic nitrogens is 1. The number of amides is 1. The van der Waals surface area contributed by atoms with Crippen molar-refractivity contribution in [2.75, 3.05) is 26.2 Å². The number of aliphatic carboxylic acids is 1. The second-order valence-electron chi connectivity index (χ2n) is 7.97. The fourth-order valence-electron chi connectivity index (χ4n) is 4.35. The first-order valence-electron chi connectivity index (χ1n) is 10.1. The molecule has 1 amide bonds. The van der Waals surface area contributed by atoms with Crippen LogP contribution in [-0.4, -0.2) is 64.1 Å². The van der Waals surface area contributed by atoms with Gasteiger partial charge >= 0.3 is 12.1 Å². The third kappa shape index (κ3) is 5.59. The van der Waals surface area contributed by atoms with Gasteiger partial charge in [-0.05, 0) is 24.1 Å². The number of carboxylic acids is 1. The molecule has 2 fully saturated rings. The van der Waals surface area contributed by atoms with E-state index in [1.165, 1.54) is 12.1 Å². The predicted octanol–water partition coefficient (Wildman–Crippen LogP) is 3.92. The fourth-order valence-corrected chi connectivity index (χ4v) is 5.20. The lowest BCUT2D eigenvalue weighted by Gasteiger charge is -2.27. The molecule has 0 bridgehead atoms. The quantitative estimate of drug-likeness (QED) is 0.514. The van der Waals surface area contributed by atoms with Crippen LogP contribution in [0.3, 0.4) is 0 Å². The molecular formula is C22H23F4N3O3S. The third-order valence-corrected chi connectivity index (χ3v) is 6.70. The lowest BCUT2D eigenvalue weighted by atomic mass is 9.77. The highest BCUT2D eigenvalue weighted by Gasteiger charge is 2.57. The number of halogens is 4. The molecule has 11 heteroatoms. The molecule has 2 aliphatic rings. The molecule has 1 aromatic carbocycles. The van der Waals surface area contributed by atoms with E-state index in [9.17, 15) is 22.4 Å². The Kier molecular flexibility index (Phi) is 7.53. The average Bonchev–Trinajstić information content (AvgIpc) is 3.47. The number of benzene rings is 1. The van der Waals surface area contributed by atoms with Crippen molar-refractivity contribution in [3.8, 4) is 0 Å². The van der Waals surface area contributed by atoms with E-state index in [0.29, 0.717) is 6.54 Å². The van der Waals surface area contributed by atoms with Crippen molar-refractivity contribution in [2.24, 2.45) is 5.41 Å². The van der Waals surface area contributed by atoms with Gasteiger partial charge in [-0.2, -0.15) is 13.2 Å². The van der Waals surface area contributed by atoms with Gasteiger partial charge in [-0.1, -0.05) is 18.2 Å². The molecule has 3 heterocycles. The van der Waals surface area contributed by atoms with E-state index in [0.717, 1.165) is 43.2 Å². The van der Waals surface area contributed by atoms with Gasteiger partial charge in [-0.3, -0.25) is 9.69 Å². The largest absolute Gasteiger partial charge is 0.490 e. The number of hydrogen-bond acceptors (Lipinski definition) is 5. The fraction of sp³-hybridized carbons (Fsp3) is 0.409. The van der Waals surface area contributed by atoms with Gasteiger partial charge in [0.25, 0.3) is 0 Å². The molecule has 2 atom stereocenters. The monoisotopic (exact) mass is 485 g/mol. The van der Waals surface area contributed by atoms with Crippen LogP contribution in [0.25, 0.3) is 0 Å². The zero-order chi connectivity index (χ0) is 24.2. The number of hydrogen-bond donors (Lipinski definition) is 1. The smallest absolute Gasteiger partial charge is 0.475 e. The van der Waals surface area contributed by atoms with Gasteiger partial charge in [0.15, 0.2) is 0 Å². The Morgan fingerprint density at radius 2 is 2.00 bits per heavy atom. The summed E-state index contributed by atoms with van der Waals surface area (Å²) in [7, 11) is 0. The van der Waals surface area contributed by atoms with Crippen LogP contribution in [0, 0.1) is 11.2 Å². The SMILES string of the molecule is C=CCN1CCC2(CN(Cc3ccc(F)cc3)CC2c2nccs2)C1=O.O=C(O)C(F)(F)F. The second kappa shape index (κ2) is 10.0. The Hall–Kier alpha value is -2.79. The first-order valence-corrected chi connectivity index (χ1v) is 11.0. The predicted molar refractivity (Wildman–Crippen MR) is 114 cm³/mol. The molecule has 2 saturated heterocycles. The Bertz CT molecular complexity index is 982. The Morgan fingerprint density at radius 3 is 2.55 bits per heavy atom. The molecule has 1 aromatic heterocycles. The summed E-state index contributed by atoms with van der Waals surface area (Å²) in [4.78, 5) is 30.9. The lowest BCUT2D eigenvalue weighted by Crippen LogP contribution is -2.39. The summed E-state index contributed by atoms with van der Waals surface area (Å²) in [5, 5.41) is 10.1. The molecule has 33 heavy (non-hydrogen) atoms. The van der Waals surface area contributed by atoms with Crippen LogP contribution in [0.4, 0.5) is 17.6 Å². The molecule has 4 rings (SSSR count). The standard InChI is InChI=1S/C20H22FN3OS.C2HF3O2/c1-2-9-24-10-7-20(19(24)25)14-23(12-15-3-5-16(21)6-4-15)13-17(20)18-22-8-11-26-18;3-2(4,5)1(6)7/h2-6,8,11,17H,1,7,9-10,12-14H2;(H,6,7). The second-order valence-corrected chi connectivity index (χ2v) is 8.89. The number of nitrogens with zero attached hydrogens (tertiary/aromatic N) is 3. The Labute approximate surface area is 192 Å². The van der Waals surface area contributed by atoms with Crippen LogP contribution in [0.15, 0.2) is 48.5 Å². The van der Waals surface area contributed by atoms with E-state index in [2.05, 4.69) is 16.5 Å². The minimum absolute atomic E-state index is 0.116. The summed E-state index contributed by atoms with van der Waals surface area (Å²) < 4.78 is 44.9. The summed E-state index contributed by atoms with van der Waals surface area (Å²) in [6.07, 6.45) is -0.623.